The summed E-state index contributed by atoms with van der Waals surface area (Å²) in [7, 11) is 1.33. The number of benzene rings is 1. The third-order valence-corrected chi connectivity index (χ3v) is 3.43. The van der Waals surface area contributed by atoms with E-state index < -0.39 is 11.9 Å². The highest BCUT2D eigenvalue weighted by atomic mass is 16.6. The van der Waals surface area contributed by atoms with E-state index in [0.717, 1.165) is 31.7 Å². The molecule has 9 heteroatoms. The minimum absolute atomic E-state index is 0.190. The Hall–Kier alpha value is -4.53. The number of carbonyl (C=O) groups is 5. The molecule has 1 fully saturated rings. The summed E-state index contributed by atoms with van der Waals surface area (Å²) in [5, 5.41) is 2.68. The van der Waals surface area contributed by atoms with Crippen LogP contribution in [-0.4, -0.2) is 43.4 Å². The van der Waals surface area contributed by atoms with Gasteiger partial charge in [-0.2, -0.15) is 0 Å². The van der Waals surface area contributed by atoms with E-state index in [0.29, 0.717) is 5.57 Å². The van der Waals surface area contributed by atoms with Crippen molar-refractivity contribution >= 4 is 35.9 Å². The highest BCUT2D eigenvalue weighted by Gasteiger charge is 2.06. The third-order valence-electron chi connectivity index (χ3n) is 3.43. The fourth-order valence-corrected chi connectivity index (χ4v) is 1.67. The molecule has 9 nitrogen and oxygen atoms in total. The average molecular weight is 516 g/mol. The molecule has 0 atom stereocenters. The van der Waals surface area contributed by atoms with Crippen molar-refractivity contribution in [1.29, 1.82) is 0 Å². The number of esters is 4. The lowest BCUT2D eigenvalue weighted by atomic mass is 10.2. The monoisotopic (exact) mass is 515 g/mol. The Morgan fingerprint density at radius 3 is 1.65 bits per heavy atom. The van der Waals surface area contributed by atoms with Crippen molar-refractivity contribution in [3.05, 3.63) is 92.3 Å². The first-order chi connectivity index (χ1) is 17.4. The summed E-state index contributed by atoms with van der Waals surface area (Å²) in [5.41, 5.74) is 1.80. The van der Waals surface area contributed by atoms with Crippen LogP contribution in [0.3, 0.4) is 0 Å². The number of methoxy groups -OCH3 is 1. The molecule has 0 aromatic heterocycles. The van der Waals surface area contributed by atoms with Gasteiger partial charge < -0.3 is 19.5 Å². The Balaban J connectivity index is -0.000000396. The molecule has 1 heterocycles. The topological polar surface area (TPSA) is 125 Å². The Morgan fingerprint density at radius 2 is 1.46 bits per heavy atom. The molecule has 1 aliphatic heterocycles. The molecule has 37 heavy (non-hydrogen) atoms. The molecule has 0 radical (unpaired) electrons. The molecule has 1 aromatic rings. The van der Waals surface area contributed by atoms with Crippen molar-refractivity contribution in [2.45, 2.75) is 33.6 Å². The zero-order chi connectivity index (χ0) is 29.2. The molecule has 0 unspecified atom stereocenters. The maximum atomic E-state index is 10.5. The third kappa shape index (κ3) is 27.6. The predicted octanol–water partition coefficient (Wildman–Crippen LogP) is 4.47. The van der Waals surface area contributed by atoms with E-state index in [4.69, 9.17) is 0 Å². The first kappa shape index (κ1) is 37.0. The lowest BCUT2D eigenvalue weighted by molar-refractivity contribution is -0.153. The summed E-state index contributed by atoms with van der Waals surface area (Å²) in [5.74, 6) is -1.95. The summed E-state index contributed by atoms with van der Waals surface area (Å²) in [6, 6.07) is 10.0. The van der Waals surface area contributed by atoms with E-state index >= 15 is 0 Å². The van der Waals surface area contributed by atoms with Gasteiger partial charge in [-0.3, -0.25) is 9.59 Å². The van der Waals surface area contributed by atoms with Crippen molar-refractivity contribution in [3.63, 3.8) is 0 Å². The maximum absolute atomic E-state index is 10.5. The molecule has 1 aromatic carbocycles. The van der Waals surface area contributed by atoms with Gasteiger partial charge in [0.05, 0.1) is 13.4 Å². The number of hydrogen-bond donors (Lipinski definition) is 1. The molecule has 0 aliphatic carbocycles. The average Bonchev–Trinajstić information content (AvgIpc) is 3.36. The van der Waals surface area contributed by atoms with Crippen LogP contribution in [0.15, 0.2) is 86.7 Å². The molecule has 202 valence electrons. The van der Waals surface area contributed by atoms with Crippen molar-refractivity contribution in [2.75, 3.05) is 13.7 Å². The fraction of sp³-hybridized carbons (Fsp3) is 0.250. The van der Waals surface area contributed by atoms with Crippen LogP contribution in [0.5, 0.6) is 0 Å². The summed E-state index contributed by atoms with van der Waals surface area (Å²) in [4.78, 5) is 50.9. The van der Waals surface area contributed by atoms with Gasteiger partial charge in [0.2, 0.25) is 5.91 Å². The van der Waals surface area contributed by atoms with Crippen LogP contribution in [0.25, 0.3) is 6.08 Å². The van der Waals surface area contributed by atoms with E-state index in [1.54, 1.807) is 6.92 Å². The van der Waals surface area contributed by atoms with Gasteiger partial charge in [-0.15, -0.1) is 0 Å². The Bertz CT molecular complexity index is 925. The highest BCUT2D eigenvalue weighted by molar-refractivity contribution is 5.98. The lowest BCUT2D eigenvalue weighted by Gasteiger charge is -1.95. The van der Waals surface area contributed by atoms with Crippen LogP contribution < -0.4 is 5.32 Å². The van der Waals surface area contributed by atoms with Crippen LogP contribution in [0.4, 0.5) is 0 Å². The Morgan fingerprint density at radius 1 is 0.919 bits per heavy atom. The van der Waals surface area contributed by atoms with Crippen molar-refractivity contribution in [1.82, 2.24) is 5.32 Å². The SMILES string of the molecule is C=C(C)C(=O)OC.C=CC(=O)OC(=O)C(=C)C.C=COC(C)=O.C=Cc1ccccc1.O=C1CCCN1. The second kappa shape index (κ2) is 24.6. The minimum Gasteiger partial charge on any atom is -0.466 e. The van der Waals surface area contributed by atoms with Crippen LogP contribution in [0.2, 0.25) is 0 Å². The minimum atomic E-state index is -0.756. The molecule has 1 N–H and O–H groups in total. The zero-order valence-electron chi connectivity index (χ0n) is 22.0. The van der Waals surface area contributed by atoms with E-state index in [1.165, 1.54) is 26.5 Å². The van der Waals surface area contributed by atoms with E-state index in [1.807, 2.05) is 36.4 Å². The van der Waals surface area contributed by atoms with Gasteiger partial charge in [0.25, 0.3) is 0 Å². The van der Waals surface area contributed by atoms with Crippen molar-refractivity contribution in [2.24, 2.45) is 0 Å². The number of amides is 1. The normalized spacial score (nSPS) is 10.0. The molecule has 1 aliphatic rings. The highest BCUT2D eigenvalue weighted by Crippen LogP contribution is 1.97. The number of ether oxygens (including phenoxy) is 3. The van der Waals surface area contributed by atoms with Crippen LogP contribution in [0.1, 0.15) is 39.2 Å². The molecule has 0 bridgehead atoms. The fourth-order valence-electron chi connectivity index (χ4n) is 1.67. The Kier molecular flexibility index (Phi) is 24.6. The maximum Gasteiger partial charge on any atom is 0.340 e. The quantitative estimate of drug-likeness (QED) is 0.200. The number of carbonyl (C=O) groups excluding carboxylic acids is 5. The largest absolute Gasteiger partial charge is 0.466 e. The molecule has 0 saturated carbocycles. The molecule has 0 spiro atoms. The number of rotatable bonds is 5. The predicted molar refractivity (Wildman–Crippen MR) is 144 cm³/mol. The second-order valence-corrected chi connectivity index (χ2v) is 6.81. The first-order valence-electron chi connectivity index (χ1n) is 10.9. The second-order valence-electron chi connectivity index (χ2n) is 6.81. The molecule has 1 saturated heterocycles. The van der Waals surface area contributed by atoms with Gasteiger partial charge >= 0.3 is 23.9 Å². The van der Waals surface area contributed by atoms with Gasteiger partial charge in [-0.1, -0.05) is 69.3 Å². The standard InChI is InChI=1S/C8H8.C7H8O3.C5H8O2.C4H7NO.C4H6O2/c1-2-8-6-4-3-5-7-8;1-4-6(8)10-7(9)5(2)3;1-4(2)5(6)7-3;6-4-2-1-3-5-4;1-3-6-4(2)5/h2-7H,1H2;4H,1-2H2,3H3;1H2,2-3H3;1-3H2,(H,5,6);3H,1H2,2H3. The molecular formula is C28H37NO8. The number of hydrogen-bond acceptors (Lipinski definition) is 8. The summed E-state index contributed by atoms with van der Waals surface area (Å²) >= 11 is 0. The summed E-state index contributed by atoms with van der Waals surface area (Å²) in [6.07, 6.45) is 5.61. The Labute approximate surface area is 219 Å². The smallest absolute Gasteiger partial charge is 0.340 e. The van der Waals surface area contributed by atoms with Crippen LogP contribution >= 0.6 is 0 Å². The summed E-state index contributed by atoms with van der Waals surface area (Å²) < 4.78 is 12.6. The van der Waals surface area contributed by atoms with Gasteiger partial charge in [0.1, 0.15) is 0 Å². The van der Waals surface area contributed by atoms with Crippen molar-refractivity contribution < 1.29 is 38.2 Å². The lowest BCUT2D eigenvalue weighted by Crippen LogP contribution is -2.12. The molecular weight excluding hydrogens is 478 g/mol. The van der Waals surface area contributed by atoms with E-state index in [9.17, 15) is 24.0 Å². The van der Waals surface area contributed by atoms with Crippen LogP contribution in [-0.2, 0) is 38.2 Å². The van der Waals surface area contributed by atoms with Crippen LogP contribution in [0, 0.1) is 0 Å². The summed E-state index contributed by atoms with van der Waals surface area (Å²) in [6.45, 7) is 21.8. The zero-order valence-corrected chi connectivity index (χ0v) is 22.0. The first-order valence-corrected chi connectivity index (χ1v) is 10.9. The van der Waals surface area contributed by atoms with Gasteiger partial charge in [0, 0.05) is 37.1 Å². The van der Waals surface area contributed by atoms with Gasteiger partial charge in [-0.25, -0.2) is 14.4 Å². The number of nitrogens with one attached hydrogen (secondary N) is 1. The van der Waals surface area contributed by atoms with E-state index in [2.05, 4.69) is 52.4 Å². The molecule has 2 rings (SSSR count). The van der Waals surface area contributed by atoms with E-state index in [-0.39, 0.29) is 23.4 Å². The van der Waals surface area contributed by atoms with Gasteiger partial charge in [-0.05, 0) is 25.8 Å². The van der Waals surface area contributed by atoms with Crippen molar-refractivity contribution in [3.8, 4) is 0 Å². The molecule has 1 amide bonds. The van der Waals surface area contributed by atoms with Gasteiger partial charge in [0.15, 0.2) is 0 Å².